The highest BCUT2D eigenvalue weighted by atomic mass is 32.2. The minimum Gasteiger partial charge on any atom is -0.379 e. The van der Waals surface area contributed by atoms with Crippen LogP contribution in [0.15, 0.2) is 22.5 Å². The first-order chi connectivity index (χ1) is 9.60. The zero-order chi connectivity index (χ0) is 14.2. The van der Waals surface area contributed by atoms with Crippen molar-refractivity contribution in [2.75, 3.05) is 24.8 Å². The highest BCUT2D eigenvalue weighted by Crippen LogP contribution is 2.30. The van der Waals surface area contributed by atoms with Crippen LogP contribution in [-0.4, -0.2) is 35.9 Å². The molecule has 1 aliphatic heterocycles. The van der Waals surface area contributed by atoms with Crippen LogP contribution in [0.4, 0.5) is 5.69 Å². The first kappa shape index (κ1) is 13.8. The Bertz CT molecular complexity index is 650. The Labute approximate surface area is 124 Å². The number of thiazole rings is 1. The van der Waals surface area contributed by atoms with Crippen LogP contribution in [0.1, 0.15) is 6.42 Å². The van der Waals surface area contributed by atoms with Crippen molar-refractivity contribution in [2.24, 2.45) is 5.73 Å². The van der Waals surface area contributed by atoms with Gasteiger partial charge in [-0.05, 0) is 30.9 Å². The molecule has 20 heavy (non-hydrogen) atoms. The van der Waals surface area contributed by atoms with Crippen molar-refractivity contribution in [2.45, 2.75) is 16.3 Å². The molecule has 1 fully saturated rings. The maximum atomic E-state index is 12.2. The zero-order valence-electron chi connectivity index (χ0n) is 11.0. The molecule has 0 saturated carbocycles. The molecule has 0 radical (unpaired) electrons. The molecule has 1 saturated heterocycles. The number of carbonyl (C=O) groups is 1. The molecule has 1 aromatic carbocycles. The van der Waals surface area contributed by atoms with Crippen molar-refractivity contribution in [1.29, 1.82) is 0 Å². The second-order valence-electron chi connectivity index (χ2n) is 4.78. The first-order valence-electron chi connectivity index (χ1n) is 6.23. The number of nitrogens with one attached hydrogen (secondary N) is 1. The van der Waals surface area contributed by atoms with Gasteiger partial charge in [0.1, 0.15) is 5.54 Å². The molecule has 1 atom stereocenters. The zero-order valence-corrected chi connectivity index (χ0v) is 12.6. The van der Waals surface area contributed by atoms with Crippen LogP contribution < -0.4 is 11.1 Å². The third kappa shape index (κ3) is 2.54. The number of anilines is 1. The first-order valence-corrected chi connectivity index (χ1v) is 8.27. The summed E-state index contributed by atoms with van der Waals surface area (Å²) in [6.07, 6.45) is 2.55. The standard InChI is InChI=1S/C13H15N3O2S2/c1-19-12-16-9-3-2-8(6-10(9)20-12)15-11(17)13(14)4-5-18-7-13/h2-3,6H,4-5,7,14H2,1H3,(H,15,17). The Hall–Kier alpha value is -1.15. The summed E-state index contributed by atoms with van der Waals surface area (Å²) in [5.41, 5.74) is 6.82. The highest BCUT2D eigenvalue weighted by Gasteiger charge is 2.38. The predicted octanol–water partition coefficient (Wildman–Crippen LogP) is 2.07. The Kier molecular flexibility index (Phi) is 3.68. The number of thioether (sulfide) groups is 1. The monoisotopic (exact) mass is 309 g/mol. The third-order valence-corrected chi connectivity index (χ3v) is 5.31. The van der Waals surface area contributed by atoms with E-state index in [2.05, 4.69) is 10.3 Å². The number of fused-ring (bicyclic) bond motifs is 1. The summed E-state index contributed by atoms with van der Waals surface area (Å²) in [7, 11) is 0. The van der Waals surface area contributed by atoms with E-state index in [0.29, 0.717) is 13.0 Å². The molecule has 1 aliphatic rings. The van der Waals surface area contributed by atoms with Crippen molar-refractivity contribution in [1.82, 2.24) is 4.98 Å². The lowest BCUT2D eigenvalue weighted by molar-refractivity contribution is -0.121. The van der Waals surface area contributed by atoms with E-state index in [1.54, 1.807) is 23.1 Å². The summed E-state index contributed by atoms with van der Waals surface area (Å²) in [6, 6.07) is 5.70. The van der Waals surface area contributed by atoms with E-state index >= 15 is 0 Å². The molecule has 1 unspecified atom stereocenters. The van der Waals surface area contributed by atoms with Crippen LogP contribution in [0.25, 0.3) is 10.2 Å². The van der Waals surface area contributed by atoms with Crippen LogP contribution in [0, 0.1) is 0 Å². The van der Waals surface area contributed by atoms with E-state index in [9.17, 15) is 4.79 Å². The highest BCUT2D eigenvalue weighted by molar-refractivity contribution is 8.00. The predicted molar refractivity (Wildman–Crippen MR) is 82.4 cm³/mol. The van der Waals surface area contributed by atoms with E-state index in [0.717, 1.165) is 20.2 Å². The van der Waals surface area contributed by atoms with E-state index in [1.165, 1.54) is 0 Å². The van der Waals surface area contributed by atoms with Gasteiger partial charge < -0.3 is 15.8 Å². The Morgan fingerprint density at radius 1 is 1.60 bits per heavy atom. The quantitative estimate of drug-likeness (QED) is 0.849. The van der Waals surface area contributed by atoms with E-state index < -0.39 is 5.54 Å². The van der Waals surface area contributed by atoms with Crippen molar-refractivity contribution >= 4 is 44.9 Å². The Balaban J connectivity index is 1.81. The van der Waals surface area contributed by atoms with E-state index in [-0.39, 0.29) is 12.5 Å². The smallest absolute Gasteiger partial charge is 0.246 e. The van der Waals surface area contributed by atoms with E-state index in [1.807, 2.05) is 24.5 Å². The summed E-state index contributed by atoms with van der Waals surface area (Å²) in [5, 5.41) is 2.87. The van der Waals surface area contributed by atoms with Crippen molar-refractivity contribution in [3.63, 3.8) is 0 Å². The molecule has 0 spiro atoms. The van der Waals surface area contributed by atoms with Crippen molar-refractivity contribution in [3.05, 3.63) is 18.2 Å². The lowest BCUT2D eigenvalue weighted by atomic mass is 9.99. The van der Waals surface area contributed by atoms with Crippen LogP contribution >= 0.6 is 23.1 Å². The second kappa shape index (κ2) is 5.33. The number of ether oxygens (including phenoxy) is 1. The summed E-state index contributed by atoms with van der Waals surface area (Å²) >= 11 is 3.23. The molecule has 3 N–H and O–H groups in total. The maximum Gasteiger partial charge on any atom is 0.246 e. The van der Waals surface area contributed by atoms with Gasteiger partial charge in [-0.15, -0.1) is 11.3 Å². The molecule has 0 aliphatic carbocycles. The van der Waals surface area contributed by atoms with E-state index in [4.69, 9.17) is 10.5 Å². The van der Waals surface area contributed by atoms with Gasteiger partial charge in [0.25, 0.3) is 0 Å². The average molecular weight is 309 g/mol. The van der Waals surface area contributed by atoms with Gasteiger partial charge >= 0.3 is 0 Å². The molecule has 3 rings (SSSR count). The molecule has 2 heterocycles. The number of hydrogen-bond donors (Lipinski definition) is 2. The third-order valence-electron chi connectivity index (χ3n) is 3.31. The van der Waals surface area contributed by atoms with Crippen LogP contribution in [0.3, 0.4) is 0 Å². The number of amides is 1. The molecular weight excluding hydrogens is 294 g/mol. The summed E-state index contributed by atoms with van der Waals surface area (Å²) in [5.74, 6) is -0.191. The minimum absolute atomic E-state index is 0.191. The van der Waals surface area contributed by atoms with Crippen LogP contribution in [0.5, 0.6) is 0 Å². The fourth-order valence-electron chi connectivity index (χ4n) is 2.08. The molecule has 7 heteroatoms. The van der Waals surface area contributed by atoms with Gasteiger partial charge in [0.05, 0.1) is 16.8 Å². The summed E-state index contributed by atoms with van der Waals surface area (Å²) in [4.78, 5) is 16.7. The molecule has 0 bridgehead atoms. The number of nitrogens with two attached hydrogens (primary N) is 1. The number of benzene rings is 1. The van der Waals surface area contributed by atoms with Gasteiger partial charge in [0.15, 0.2) is 4.34 Å². The molecule has 5 nitrogen and oxygen atoms in total. The number of hydrogen-bond acceptors (Lipinski definition) is 6. The van der Waals surface area contributed by atoms with Gasteiger partial charge in [-0.1, -0.05) is 11.8 Å². The van der Waals surface area contributed by atoms with Crippen molar-refractivity contribution in [3.8, 4) is 0 Å². The van der Waals surface area contributed by atoms with Crippen LogP contribution in [0.2, 0.25) is 0 Å². The Morgan fingerprint density at radius 3 is 3.15 bits per heavy atom. The van der Waals surface area contributed by atoms with Crippen molar-refractivity contribution < 1.29 is 9.53 Å². The SMILES string of the molecule is CSc1nc2ccc(NC(=O)C3(N)CCOC3)cc2s1. The van der Waals surface area contributed by atoms with Gasteiger partial charge in [0.2, 0.25) is 5.91 Å². The molecule has 2 aromatic rings. The van der Waals surface area contributed by atoms with Gasteiger partial charge in [-0.3, -0.25) is 4.79 Å². The number of carbonyl (C=O) groups excluding carboxylic acids is 1. The number of rotatable bonds is 3. The second-order valence-corrected chi connectivity index (χ2v) is 6.86. The topological polar surface area (TPSA) is 77.2 Å². The fourth-order valence-corrected chi connectivity index (χ4v) is 3.61. The maximum absolute atomic E-state index is 12.2. The van der Waals surface area contributed by atoms with Gasteiger partial charge in [-0.25, -0.2) is 4.98 Å². The van der Waals surface area contributed by atoms with Gasteiger partial charge in [-0.2, -0.15) is 0 Å². The average Bonchev–Trinajstić information content (AvgIpc) is 3.05. The Morgan fingerprint density at radius 2 is 2.45 bits per heavy atom. The molecule has 1 aromatic heterocycles. The lowest BCUT2D eigenvalue weighted by Crippen LogP contribution is -2.51. The minimum atomic E-state index is -0.910. The number of nitrogens with zero attached hydrogens (tertiary/aromatic N) is 1. The summed E-state index contributed by atoms with van der Waals surface area (Å²) in [6.45, 7) is 0.813. The number of aromatic nitrogens is 1. The molecule has 106 valence electrons. The molecule has 1 amide bonds. The summed E-state index contributed by atoms with van der Waals surface area (Å²) < 4.78 is 7.28. The van der Waals surface area contributed by atoms with Crippen LogP contribution in [-0.2, 0) is 9.53 Å². The van der Waals surface area contributed by atoms with Gasteiger partial charge in [0, 0.05) is 12.3 Å². The normalized spacial score (nSPS) is 22.3. The lowest BCUT2D eigenvalue weighted by Gasteiger charge is -2.20. The fraction of sp³-hybridized carbons (Fsp3) is 0.385. The largest absolute Gasteiger partial charge is 0.379 e. The molecular formula is C13H15N3O2S2.